The summed E-state index contributed by atoms with van der Waals surface area (Å²) in [6.07, 6.45) is 4.23. The molecular formula is C14H20N4O2S. The zero-order valence-electron chi connectivity index (χ0n) is 12.6. The third kappa shape index (κ3) is 3.50. The summed E-state index contributed by atoms with van der Waals surface area (Å²) < 4.78 is 23.1. The van der Waals surface area contributed by atoms with E-state index in [9.17, 15) is 13.7 Å². The van der Waals surface area contributed by atoms with Gasteiger partial charge in [0.15, 0.2) is 14.9 Å². The van der Waals surface area contributed by atoms with Crippen LogP contribution < -0.4 is 4.90 Å². The van der Waals surface area contributed by atoms with Gasteiger partial charge in [-0.15, -0.1) is 0 Å². The first kappa shape index (κ1) is 15.7. The van der Waals surface area contributed by atoms with Crippen molar-refractivity contribution in [1.82, 2.24) is 9.97 Å². The van der Waals surface area contributed by atoms with Gasteiger partial charge in [0.2, 0.25) is 0 Å². The van der Waals surface area contributed by atoms with Crippen molar-refractivity contribution < 1.29 is 8.42 Å². The van der Waals surface area contributed by atoms with Crippen molar-refractivity contribution in [3.8, 4) is 6.07 Å². The second-order valence-electron chi connectivity index (χ2n) is 6.08. The highest BCUT2D eigenvalue weighted by Gasteiger charge is 2.33. The van der Waals surface area contributed by atoms with Gasteiger partial charge in [-0.2, -0.15) is 5.26 Å². The molecule has 1 aliphatic rings. The highest BCUT2D eigenvalue weighted by molar-refractivity contribution is 7.90. The molecule has 0 amide bonds. The van der Waals surface area contributed by atoms with Gasteiger partial charge >= 0.3 is 0 Å². The first-order valence-electron chi connectivity index (χ1n) is 6.92. The molecule has 0 atom stereocenters. The van der Waals surface area contributed by atoms with Crippen LogP contribution in [0.2, 0.25) is 0 Å². The van der Waals surface area contributed by atoms with Gasteiger partial charge in [-0.1, -0.05) is 0 Å². The monoisotopic (exact) mass is 308 g/mol. The molecule has 2 heterocycles. The van der Waals surface area contributed by atoms with Crippen LogP contribution in [-0.4, -0.2) is 37.7 Å². The number of hydrogen-bond donors (Lipinski definition) is 0. The number of hydrogen-bond acceptors (Lipinski definition) is 6. The van der Waals surface area contributed by atoms with Gasteiger partial charge in [-0.3, -0.25) is 0 Å². The minimum absolute atomic E-state index is 0.0481. The molecule has 0 bridgehead atoms. The zero-order chi connectivity index (χ0) is 15.7. The van der Waals surface area contributed by atoms with Gasteiger partial charge in [-0.05, 0) is 32.6 Å². The molecule has 7 heteroatoms. The van der Waals surface area contributed by atoms with Crippen LogP contribution in [0.25, 0.3) is 0 Å². The van der Waals surface area contributed by atoms with Crippen LogP contribution in [0.5, 0.6) is 0 Å². The van der Waals surface area contributed by atoms with Crippen molar-refractivity contribution >= 4 is 15.7 Å². The van der Waals surface area contributed by atoms with Gasteiger partial charge in [0.1, 0.15) is 12.1 Å². The number of sulfone groups is 1. The average molecular weight is 308 g/mol. The van der Waals surface area contributed by atoms with E-state index in [1.807, 2.05) is 13.8 Å². The minimum Gasteiger partial charge on any atom is -0.356 e. The molecule has 0 spiro atoms. The van der Waals surface area contributed by atoms with Crippen LogP contribution in [0.1, 0.15) is 26.7 Å². The van der Waals surface area contributed by atoms with E-state index in [1.165, 1.54) is 12.4 Å². The summed E-state index contributed by atoms with van der Waals surface area (Å²) in [4.78, 5) is 10.0. The van der Waals surface area contributed by atoms with Crippen molar-refractivity contribution in [1.29, 1.82) is 5.26 Å². The lowest BCUT2D eigenvalue weighted by molar-refractivity contribution is 0.241. The van der Waals surface area contributed by atoms with Gasteiger partial charge < -0.3 is 4.90 Å². The van der Waals surface area contributed by atoms with Crippen LogP contribution in [-0.2, 0) is 9.84 Å². The third-order valence-corrected chi connectivity index (χ3v) is 5.12. The molecule has 0 radical (unpaired) electrons. The molecule has 1 saturated heterocycles. The number of piperidine rings is 1. The van der Waals surface area contributed by atoms with Crippen molar-refractivity contribution in [3.05, 3.63) is 12.4 Å². The van der Waals surface area contributed by atoms with Crippen LogP contribution >= 0.6 is 0 Å². The van der Waals surface area contributed by atoms with E-state index in [4.69, 9.17) is 0 Å². The highest BCUT2D eigenvalue weighted by Crippen LogP contribution is 2.35. The highest BCUT2D eigenvalue weighted by atomic mass is 32.2. The van der Waals surface area contributed by atoms with E-state index in [0.717, 1.165) is 32.2 Å². The Labute approximate surface area is 125 Å². The SMILES string of the molecule is CC(C)(C#N)C1CCN(c2cc(S(C)(=O)=O)ncn2)CC1. The molecule has 0 unspecified atom stereocenters. The number of nitrogens with zero attached hydrogens (tertiary/aromatic N) is 4. The Morgan fingerprint density at radius 3 is 2.48 bits per heavy atom. The Morgan fingerprint density at radius 2 is 1.95 bits per heavy atom. The lowest BCUT2D eigenvalue weighted by Gasteiger charge is -2.37. The fourth-order valence-corrected chi connectivity index (χ4v) is 3.19. The fraction of sp³-hybridized carbons (Fsp3) is 0.643. The molecule has 2 rings (SSSR count). The predicted octanol–water partition coefficient (Wildman–Crippen LogP) is 1.65. The van der Waals surface area contributed by atoms with Crippen molar-refractivity contribution in [2.45, 2.75) is 31.7 Å². The predicted molar refractivity (Wildman–Crippen MR) is 79.5 cm³/mol. The van der Waals surface area contributed by atoms with E-state index in [0.29, 0.717) is 11.7 Å². The Balaban J connectivity index is 2.12. The maximum Gasteiger partial charge on any atom is 0.192 e. The molecule has 1 fully saturated rings. The lowest BCUT2D eigenvalue weighted by atomic mass is 9.75. The molecule has 6 nitrogen and oxygen atoms in total. The second kappa shape index (κ2) is 5.60. The van der Waals surface area contributed by atoms with E-state index < -0.39 is 9.84 Å². The Hall–Kier alpha value is -1.68. The van der Waals surface area contributed by atoms with Crippen LogP contribution in [0.4, 0.5) is 5.82 Å². The Bertz CT molecular complexity index is 656. The molecule has 0 saturated carbocycles. The summed E-state index contributed by atoms with van der Waals surface area (Å²) in [7, 11) is -3.32. The largest absolute Gasteiger partial charge is 0.356 e. The summed E-state index contributed by atoms with van der Waals surface area (Å²) >= 11 is 0. The zero-order valence-corrected chi connectivity index (χ0v) is 13.4. The van der Waals surface area contributed by atoms with E-state index >= 15 is 0 Å². The molecule has 0 N–H and O–H groups in total. The summed E-state index contributed by atoms with van der Waals surface area (Å²) in [5, 5.41) is 9.25. The number of nitriles is 1. The first-order chi connectivity index (χ1) is 9.74. The normalized spacial score (nSPS) is 17.5. The standard InChI is InChI=1S/C14H20N4O2S/c1-14(2,9-15)11-4-6-18(7-5-11)12-8-13(17-10-16-12)21(3,19)20/h8,10-11H,4-7H2,1-3H3. The van der Waals surface area contributed by atoms with Crippen molar-refractivity contribution in [2.24, 2.45) is 11.3 Å². The first-order valence-corrected chi connectivity index (χ1v) is 8.81. The molecule has 1 aromatic rings. The Kier molecular flexibility index (Phi) is 4.19. The van der Waals surface area contributed by atoms with Crippen molar-refractivity contribution in [3.63, 3.8) is 0 Å². The van der Waals surface area contributed by atoms with Gasteiger partial charge in [0, 0.05) is 25.4 Å². The number of aromatic nitrogens is 2. The van der Waals surface area contributed by atoms with Crippen molar-refractivity contribution in [2.75, 3.05) is 24.2 Å². The van der Waals surface area contributed by atoms with E-state index in [2.05, 4.69) is 20.9 Å². The van der Waals surface area contributed by atoms with Gasteiger partial charge in [0.05, 0.1) is 11.5 Å². The second-order valence-corrected chi connectivity index (χ2v) is 8.04. The summed E-state index contributed by atoms with van der Waals surface area (Å²) in [6.45, 7) is 5.49. The third-order valence-electron chi connectivity index (χ3n) is 4.14. The maximum atomic E-state index is 11.5. The summed E-state index contributed by atoms with van der Waals surface area (Å²) in [6, 6.07) is 3.89. The quantitative estimate of drug-likeness (QED) is 0.789. The molecule has 114 valence electrons. The molecule has 0 aromatic carbocycles. The maximum absolute atomic E-state index is 11.5. The Morgan fingerprint density at radius 1 is 1.33 bits per heavy atom. The van der Waals surface area contributed by atoms with E-state index in [1.54, 1.807) is 0 Å². The molecule has 1 aliphatic heterocycles. The van der Waals surface area contributed by atoms with Crippen LogP contribution in [0.15, 0.2) is 17.4 Å². The van der Waals surface area contributed by atoms with Crippen LogP contribution in [0.3, 0.4) is 0 Å². The van der Waals surface area contributed by atoms with E-state index in [-0.39, 0.29) is 10.4 Å². The van der Waals surface area contributed by atoms with Gasteiger partial charge in [-0.25, -0.2) is 18.4 Å². The fourth-order valence-electron chi connectivity index (χ4n) is 2.63. The lowest BCUT2D eigenvalue weighted by Crippen LogP contribution is -2.39. The molecule has 21 heavy (non-hydrogen) atoms. The molecule has 1 aromatic heterocycles. The number of anilines is 1. The van der Waals surface area contributed by atoms with Gasteiger partial charge in [0.25, 0.3) is 0 Å². The minimum atomic E-state index is -3.32. The average Bonchev–Trinajstić information content (AvgIpc) is 2.47. The topological polar surface area (TPSA) is 87.0 Å². The molecule has 0 aliphatic carbocycles. The molecular weight excluding hydrogens is 288 g/mol. The van der Waals surface area contributed by atoms with Crippen LogP contribution in [0, 0.1) is 22.7 Å². The smallest absolute Gasteiger partial charge is 0.192 e. The summed E-state index contributed by atoms with van der Waals surface area (Å²) in [5.74, 6) is 0.994. The summed E-state index contributed by atoms with van der Waals surface area (Å²) in [5.41, 5.74) is -0.324. The number of rotatable bonds is 3.